The molecule has 2 aromatic rings. The number of ether oxygens (including phenoxy) is 2. The van der Waals surface area contributed by atoms with E-state index in [2.05, 4.69) is 23.3 Å². The smallest absolute Gasteiger partial charge is 0.244 e. The van der Waals surface area contributed by atoms with Gasteiger partial charge in [0.2, 0.25) is 5.91 Å². The Bertz CT molecular complexity index is 1310. The molecule has 194 valence electrons. The van der Waals surface area contributed by atoms with Crippen LogP contribution in [0.4, 0.5) is 0 Å². The van der Waals surface area contributed by atoms with Crippen molar-refractivity contribution in [1.29, 1.82) is 0 Å². The van der Waals surface area contributed by atoms with Gasteiger partial charge < -0.3 is 24.8 Å². The van der Waals surface area contributed by atoms with Crippen molar-refractivity contribution in [2.75, 3.05) is 27.2 Å². The number of carbonyl (C=O) groups excluding carboxylic acids is 1. The van der Waals surface area contributed by atoms with Gasteiger partial charge in [0.1, 0.15) is 11.7 Å². The summed E-state index contributed by atoms with van der Waals surface area (Å²) in [6.45, 7) is 1.54. The third-order valence-electron chi connectivity index (χ3n) is 10.6. The van der Waals surface area contributed by atoms with Crippen LogP contribution < -0.4 is 10.1 Å². The zero-order valence-electron chi connectivity index (χ0n) is 21.3. The number of fused-ring (bicyclic) bond motifs is 2. The second-order valence-electron chi connectivity index (χ2n) is 11.7. The first-order valence-electron chi connectivity index (χ1n) is 13.3. The van der Waals surface area contributed by atoms with Gasteiger partial charge in [-0.15, -0.1) is 0 Å². The molecule has 0 radical (unpaired) electrons. The normalized spacial score (nSPS) is 36.9. The predicted octanol–water partition coefficient (Wildman–Crippen LogP) is 4.32. The molecule has 2 spiro atoms. The van der Waals surface area contributed by atoms with Crippen molar-refractivity contribution in [3.8, 4) is 11.5 Å². The van der Waals surface area contributed by atoms with Gasteiger partial charge in [0, 0.05) is 53.1 Å². The highest BCUT2D eigenvalue weighted by Crippen LogP contribution is 2.76. The lowest BCUT2D eigenvalue weighted by Crippen LogP contribution is -2.81. The Labute approximate surface area is 222 Å². The van der Waals surface area contributed by atoms with Gasteiger partial charge in [0.05, 0.1) is 0 Å². The largest absolute Gasteiger partial charge is 0.504 e. The Kier molecular flexibility index (Phi) is 5.08. The van der Waals surface area contributed by atoms with Crippen LogP contribution in [0.3, 0.4) is 0 Å². The lowest BCUT2D eigenvalue weighted by atomic mass is 9.35. The third kappa shape index (κ3) is 2.92. The standard InChI is InChI=1S/C30H33ClN2O4/c1-33-14-13-29-25-19-6-9-22(34)26(25)37-27(29)30(36-2)12-11-28(29,23(33)15-19)16-20(30)17-32-24(35)10-5-18-3-7-21(31)8-4-18/h3-10,20,23,27,34H,11-17H2,1-2H3,(H,32,35)/b10-5+/t20-,23-,27-,28-,29+,30-/m1/s1. The van der Waals surface area contributed by atoms with Crippen molar-refractivity contribution >= 4 is 23.6 Å². The second-order valence-corrected chi connectivity index (χ2v) is 12.2. The zero-order valence-corrected chi connectivity index (χ0v) is 22.1. The highest BCUT2D eigenvalue weighted by Gasteiger charge is 2.80. The van der Waals surface area contributed by atoms with E-state index in [1.165, 1.54) is 11.1 Å². The fourth-order valence-corrected chi connectivity index (χ4v) is 9.22. The Morgan fingerprint density at radius 1 is 1.24 bits per heavy atom. The van der Waals surface area contributed by atoms with E-state index in [9.17, 15) is 9.90 Å². The number of methoxy groups -OCH3 is 1. The zero-order chi connectivity index (χ0) is 25.6. The van der Waals surface area contributed by atoms with Crippen molar-refractivity contribution in [1.82, 2.24) is 10.2 Å². The number of nitrogens with zero attached hydrogens (tertiary/aromatic N) is 1. The second kappa shape index (κ2) is 7.98. The van der Waals surface area contributed by atoms with Gasteiger partial charge >= 0.3 is 0 Å². The van der Waals surface area contributed by atoms with Crippen LogP contribution in [0.5, 0.6) is 11.5 Å². The summed E-state index contributed by atoms with van der Waals surface area (Å²) in [5.74, 6) is 0.905. The maximum absolute atomic E-state index is 12.8. The van der Waals surface area contributed by atoms with E-state index in [0.717, 1.165) is 44.2 Å². The van der Waals surface area contributed by atoms with Crippen molar-refractivity contribution in [3.05, 3.63) is 64.2 Å². The van der Waals surface area contributed by atoms with Gasteiger partial charge in [-0.1, -0.05) is 29.8 Å². The molecule has 1 saturated heterocycles. The van der Waals surface area contributed by atoms with Crippen molar-refractivity contribution in [2.24, 2.45) is 11.3 Å². The summed E-state index contributed by atoms with van der Waals surface area (Å²) in [7, 11) is 4.06. The fraction of sp³-hybridized carbons (Fsp3) is 0.500. The molecule has 4 fully saturated rings. The monoisotopic (exact) mass is 520 g/mol. The molecule has 2 aliphatic heterocycles. The summed E-state index contributed by atoms with van der Waals surface area (Å²) in [5, 5.41) is 14.7. The van der Waals surface area contributed by atoms with E-state index in [0.29, 0.717) is 23.4 Å². The molecule has 6 nitrogen and oxygen atoms in total. The van der Waals surface area contributed by atoms with Gasteiger partial charge in [0.15, 0.2) is 11.5 Å². The number of aromatic hydroxyl groups is 1. The minimum Gasteiger partial charge on any atom is -0.504 e. The SMILES string of the molecule is CO[C@]12CC[C@@]3(C[C@@H]1CNC(=O)/C=C/c1ccc(Cl)cc1)[C@H]1Cc4ccc(O)c5c4[C@@]3(CCN1C)[C@H]2O5. The van der Waals surface area contributed by atoms with Crippen LogP contribution in [0, 0.1) is 11.3 Å². The molecule has 4 aliphatic carbocycles. The number of benzene rings is 2. The first kappa shape index (κ1) is 23.6. The lowest BCUT2D eigenvalue weighted by molar-refractivity contribution is -0.274. The van der Waals surface area contributed by atoms with Crippen LogP contribution in [0.25, 0.3) is 6.08 Å². The van der Waals surface area contributed by atoms with Crippen LogP contribution in [0.15, 0.2) is 42.5 Å². The summed E-state index contributed by atoms with van der Waals surface area (Å²) in [5.41, 5.74) is 2.84. The van der Waals surface area contributed by atoms with Crippen LogP contribution in [-0.2, 0) is 21.4 Å². The molecule has 3 saturated carbocycles. The van der Waals surface area contributed by atoms with Gasteiger partial charge in [-0.2, -0.15) is 0 Å². The number of piperidine rings is 1. The van der Waals surface area contributed by atoms with Crippen molar-refractivity contribution in [2.45, 2.75) is 55.3 Å². The quantitative estimate of drug-likeness (QED) is 0.575. The van der Waals surface area contributed by atoms with E-state index in [-0.39, 0.29) is 34.5 Å². The number of rotatable bonds is 5. The Morgan fingerprint density at radius 2 is 2.05 bits per heavy atom. The van der Waals surface area contributed by atoms with E-state index < -0.39 is 5.60 Å². The van der Waals surface area contributed by atoms with Gasteiger partial charge in [-0.25, -0.2) is 0 Å². The minimum absolute atomic E-state index is 0.0333. The summed E-state index contributed by atoms with van der Waals surface area (Å²) in [6, 6.07) is 11.7. The van der Waals surface area contributed by atoms with Gasteiger partial charge in [-0.3, -0.25) is 4.79 Å². The molecule has 4 bridgehead atoms. The first-order chi connectivity index (χ1) is 17.8. The molecule has 1 amide bonds. The number of hydrogen-bond acceptors (Lipinski definition) is 5. The lowest BCUT2D eigenvalue weighted by Gasteiger charge is -2.73. The van der Waals surface area contributed by atoms with E-state index in [4.69, 9.17) is 21.1 Å². The number of phenolic OH excluding ortho intramolecular Hbond substituents is 1. The van der Waals surface area contributed by atoms with Gasteiger partial charge in [0.25, 0.3) is 0 Å². The summed E-state index contributed by atoms with van der Waals surface area (Å²) in [4.78, 5) is 15.4. The van der Waals surface area contributed by atoms with Crippen LogP contribution in [0.1, 0.15) is 42.4 Å². The van der Waals surface area contributed by atoms with E-state index in [1.807, 2.05) is 24.3 Å². The molecular formula is C30H33ClN2O4. The van der Waals surface area contributed by atoms with E-state index >= 15 is 0 Å². The molecule has 2 N–H and O–H groups in total. The number of likely N-dealkylation sites (N-methyl/N-ethyl adjacent to an activating group) is 1. The molecule has 2 heterocycles. The fourth-order valence-electron chi connectivity index (χ4n) is 9.10. The minimum atomic E-state index is -0.518. The molecule has 0 unspecified atom stereocenters. The predicted molar refractivity (Wildman–Crippen MR) is 142 cm³/mol. The molecule has 6 atom stereocenters. The Morgan fingerprint density at radius 3 is 2.84 bits per heavy atom. The van der Waals surface area contributed by atoms with E-state index in [1.54, 1.807) is 25.3 Å². The Balaban J connectivity index is 1.23. The Hall–Kier alpha value is -2.54. The average Bonchev–Trinajstić information content (AvgIpc) is 3.28. The number of carbonyl (C=O) groups is 1. The first-order valence-corrected chi connectivity index (χ1v) is 13.7. The maximum Gasteiger partial charge on any atom is 0.244 e. The molecule has 6 aliphatic rings. The molecule has 8 rings (SSSR count). The molecule has 7 heteroatoms. The highest BCUT2D eigenvalue weighted by molar-refractivity contribution is 6.30. The molecule has 0 aromatic heterocycles. The van der Waals surface area contributed by atoms with Crippen molar-refractivity contribution < 1.29 is 19.4 Å². The van der Waals surface area contributed by atoms with Crippen molar-refractivity contribution in [3.63, 3.8) is 0 Å². The number of nitrogens with one attached hydrogen (secondary N) is 1. The molecular weight excluding hydrogens is 488 g/mol. The number of likely N-dealkylation sites (tertiary alicyclic amines) is 1. The number of halogens is 1. The summed E-state index contributed by atoms with van der Waals surface area (Å²) >= 11 is 5.97. The van der Waals surface area contributed by atoms with Crippen LogP contribution >= 0.6 is 11.6 Å². The molecule has 37 heavy (non-hydrogen) atoms. The third-order valence-corrected chi connectivity index (χ3v) is 10.8. The highest BCUT2D eigenvalue weighted by atomic mass is 35.5. The molecule has 2 aromatic carbocycles. The topological polar surface area (TPSA) is 71.0 Å². The maximum atomic E-state index is 12.8. The summed E-state index contributed by atoms with van der Waals surface area (Å²) in [6.07, 6.45) is 8.14. The number of hydrogen-bond donors (Lipinski definition) is 2. The number of phenols is 1. The summed E-state index contributed by atoms with van der Waals surface area (Å²) < 4.78 is 13.2. The average molecular weight is 521 g/mol. The number of amides is 1. The van der Waals surface area contributed by atoms with Crippen LogP contribution in [0.2, 0.25) is 5.02 Å². The van der Waals surface area contributed by atoms with Gasteiger partial charge in [-0.05, 0) is 81.1 Å². The van der Waals surface area contributed by atoms with Crippen LogP contribution in [-0.4, -0.2) is 60.9 Å².